The third-order valence-corrected chi connectivity index (χ3v) is 4.32. The zero-order valence-corrected chi connectivity index (χ0v) is 11.1. The molecule has 90 valence electrons. The Bertz CT molecular complexity index is 144. The highest BCUT2D eigenvalue weighted by atomic mass is 35.5. The molecule has 1 fully saturated rings. The maximum Gasteiger partial charge on any atom is 0.0364 e. The molecule has 2 unspecified atom stereocenters. The molecule has 1 heteroatoms. The molecule has 1 aliphatic carbocycles. The summed E-state index contributed by atoms with van der Waals surface area (Å²) in [6, 6.07) is 0. The summed E-state index contributed by atoms with van der Waals surface area (Å²) in [7, 11) is 0. The zero-order chi connectivity index (χ0) is 10.9. The molecule has 1 aliphatic rings. The van der Waals surface area contributed by atoms with Crippen LogP contribution in [0, 0.1) is 5.92 Å². The molecule has 0 aromatic heterocycles. The van der Waals surface area contributed by atoms with E-state index in [9.17, 15) is 0 Å². The monoisotopic (exact) mass is 230 g/mol. The van der Waals surface area contributed by atoms with Gasteiger partial charge in [0.2, 0.25) is 0 Å². The zero-order valence-electron chi connectivity index (χ0n) is 10.3. The molecule has 0 aliphatic heterocycles. The summed E-state index contributed by atoms with van der Waals surface area (Å²) >= 11 is 6.35. The van der Waals surface area contributed by atoms with Gasteiger partial charge in [-0.3, -0.25) is 0 Å². The Kier molecular flexibility index (Phi) is 7.52. The maximum absolute atomic E-state index is 6.35. The minimum absolute atomic E-state index is 0.495. The van der Waals surface area contributed by atoms with Crippen molar-refractivity contribution >= 4 is 11.6 Å². The summed E-state index contributed by atoms with van der Waals surface area (Å²) < 4.78 is 0. The fraction of sp³-hybridized carbons (Fsp3) is 1.00. The van der Waals surface area contributed by atoms with Crippen LogP contribution in [-0.2, 0) is 0 Å². The summed E-state index contributed by atoms with van der Waals surface area (Å²) in [6.45, 7) is 2.28. The molecule has 0 spiro atoms. The second kappa shape index (κ2) is 8.44. The van der Waals surface area contributed by atoms with Crippen LogP contribution in [0.2, 0.25) is 0 Å². The van der Waals surface area contributed by atoms with Crippen LogP contribution < -0.4 is 0 Å². The van der Waals surface area contributed by atoms with Gasteiger partial charge in [-0.05, 0) is 25.2 Å². The second-order valence-corrected chi connectivity index (χ2v) is 5.68. The number of hydrogen-bond acceptors (Lipinski definition) is 0. The lowest BCUT2D eigenvalue weighted by Gasteiger charge is -2.26. The van der Waals surface area contributed by atoms with E-state index in [-0.39, 0.29) is 0 Å². The van der Waals surface area contributed by atoms with Gasteiger partial charge in [-0.1, -0.05) is 58.3 Å². The Labute approximate surface area is 101 Å². The van der Waals surface area contributed by atoms with E-state index in [2.05, 4.69) is 6.92 Å². The van der Waals surface area contributed by atoms with E-state index < -0.39 is 0 Å². The van der Waals surface area contributed by atoms with Crippen molar-refractivity contribution in [2.24, 2.45) is 5.92 Å². The lowest BCUT2D eigenvalue weighted by atomic mass is 9.85. The third kappa shape index (κ3) is 5.80. The Balaban J connectivity index is 1.94. The SMILES string of the molecule is CCCCCCCCC1CCCCC1Cl. The summed E-state index contributed by atoms with van der Waals surface area (Å²) in [6.07, 6.45) is 15.3. The largest absolute Gasteiger partial charge is 0.123 e. The molecule has 1 saturated carbocycles. The van der Waals surface area contributed by atoms with Crippen molar-refractivity contribution in [3.8, 4) is 0 Å². The first kappa shape index (κ1) is 13.4. The first-order chi connectivity index (χ1) is 7.34. The van der Waals surface area contributed by atoms with Crippen molar-refractivity contribution in [3.05, 3.63) is 0 Å². The van der Waals surface area contributed by atoms with E-state index >= 15 is 0 Å². The highest BCUT2D eigenvalue weighted by molar-refractivity contribution is 6.20. The molecule has 0 aromatic rings. The highest BCUT2D eigenvalue weighted by Gasteiger charge is 2.22. The van der Waals surface area contributed by atoms with Crippen molar-refractivity contribution in [1.29, 1.82) is 0 Å². The summed E-state index contributed by atoms with van der Waals surface area (Å²) in [5.41, 5.74) is 0. The predicted octanol–water partition coefficient (Wildman–Crippen LogP) is 5.53. The van der Waals surface area contributed by atoms with Crippen molar-refractivity contribution in [2.45, 2.75) is 82.9 Å². The molecular weight excluding hydrogens is 204 g/mol. The first-order valence-electron chi connectivity index (χ1n) is 6.98. The van der Waals surface area contributed by atoms with Crippen LogP contribution in [0.1, 0.15) is 77.6 Å². The van der Waals surface area contributed by atoms with Crippen LogP contribution in [0.4, 0.5) is 0 Å². The molecule has 0 radical (unpaired) electrons. The smallest absolute Gasteiger partial charge is 0.0364 e. The molecular formula is C14H27Cl. The van der Waals surface area contributed by atoms with E-state index in [1.807, 2.05) is 0 Å². The van der Waals surface area contributed by atoms with Crippen molar-refractivity contribution in [3.63, 3.8) is 0 Å². The molecule has 2 atom stereocenters. The number of unbranched alkanes of at least 4 members (excludes halogenated alkanes) is 5. The topological polar surface area (TPSA) is 0 Å². The normalized spacial score (nSPS) is 26.8. The van der Waals surface area contributed by atoms with E-state index in [0.717, 1.165) is 5.92 Å². The number of rotatable bonds is 7. The lowest BCUT2D eigenvalue weighted by molar-refractivity contribution is 0.334. The van der Waals surface area contributed by atoms with Crippen LogP contribution >= 0.6 is 11.6 Å². The fourth-order valence-corrected chi connectivity index (χ4v) is 3.08. The number of halogens is 1. The van der Waals surface area contributed by atoms with Crippen molar-refractivity contribution in [2.75, 3.05) is 0 Å². The highest BCUT2D eigenvalue weighted by Crippen LogP contribution is 2.32. The van der Waals surface area contributed by atoms with Crippen molar-refractivity contribution < 1.29 is 0 Å². The van der Waals surface area contributed by atoms with Gasteiger partial charge in [0.25, 0.3) is 0 Å². The Hall–Kier alpha value is 0.290. The molecule has 0 aromatic carbocycles. The average Bonchev–Trinajstić information content (AvgIpc) is 2.25. The van der Waals surface area contributed by atoms with Gasteiger partial charge in [-0.15, -0.1) is 11.6 Å². The fourth-order valence-electron chi connectivity index (χ4n) is 2.67. The summed E-state index contributed by atoms with van der Waals surface area (Å²) in [5.74, 6) is 0.839. The Morgan fingerprint density at radius 3 is 2.33 bits per heavy atom. The first-order valence-corrected chi connectivity index (χ1v) is 7.42. The summed E-state index contributed by atoms with van der Waals surface area (Å²) in [4.78, 5) is 0. The Morgan fingerprint density at radius 1 is 0.933 bits per heavy atom. The minimum atomic E-state index is 0.495. The lowest BCUT2D eigenvalue weighted by Crippen LogP contribution is -2.19. The predicted molar refractivity (Wildman–Crippen MR) is 69.6 cm³/mol. The Morgan fingerprint density at radius 2 is 1.60 bits per heavy atom. The third-order valence-electron chi connectivity index (χ3n) is 3.74. The molecule has 0 amide bonds. The molecule has 0 N–H and O–H groups in total. The van der Waals surface area contributed by atoms with Crippen LogP contribution in [-0.4, -0.2) is 5.38 Å². The van der Waals surface area contributed by atoms with Gasteiger partial charge in [0.1, 0.15) is 0 Å². The van der Waals surface area contributed by atoms with Gasteiger partial charge < -0.3 is 0 Å². The maximum atomic E-state index is 6.35. The van der Waals surface area contributed by atoms with Crippen LogP contribution in [0.15, 0.2) is 0 Å². The molecule has 0 saturated heterocycles. The van der Waals surface area contributed by atoms with Gasteiger partial charge in [0, 0.05) is 5.38 Å². The van der Waals surface area contributed by atoms with E-state index in [4.69, 9.17) is 11.6 Å². The van der Waals surface area contributed by atoms with Crippen LogP contribution in [0.3, 0.4) is 0 Å². The number of hydrogen-bond donors (Lipinski definition) is 0. The molecule has 0 bridgehead atoms. The quantitative estimate of drug-likeness (QED) is 0.398. The minimum Gasteiger partial charge on any atom is -0.123 e. The van der Waals surface area contributed by atoms with Gasteiger partial charge >= 0.3 is 0 Å². The van der Waals surface area contributed by atoms with Crippen LogP contribution in [0.25, 0.3) is 0 Å². The van der Waals surface area contributed by atoms with E-state index in [1.54, 1.807) is 0 Å². The molecule has 0 heterocycles. The van der Waals surface area contributed by atoms with Gasteiger partial charge in [0.15, 0.2) is 0 Å². The molecule has 1 rings (SSSR count). The molecule has 15 heavy (non-hydrogen) atoms. The second-order valence-electron chi connectivity index (χ2n) is 5.12. The number of alkyl halides is 1. The van der Waals surface area contributed by atoms with Crippen LogP contribution in [0.5, 0.6) is 0 Å². The van der Waals surface area contributed by atoms with E-state index in [1.165, 1.54) is 70.6 Å². The molecule has 0 nitrogen and oxygen atoms in total. The van der Waals surface area contributed by atoms with E-state index in [0.29, 0.717) is 5.38 Å². The van der Waals surface area contributed by atoms with Crippen molar-refractivity contribution in [1.82, 2.24) is 0 Å². The standard InChI is InChI=1S/C14H27Cl/c1-2-3-4-5-6-7-10-13-11-8-9-12-14(13)15/h13-14H,2-12H2,1H3. The van der Waals surface area contributed by atoms with Gasteiger partial charge in [-0.2, -0.15) is 0 Å². The average molecular weight is 231 g/mol. The van der Waals surface area contributed by atoms with Gasteiger partial charge in [0.05, 0.1) is 0 Å². The van der Waals surface area contributed by atoms with Gasteiger partial charge in [-0.25, -0.2) is 0 Å². The summed E-state index contributed by atoms with van der Waals surface area (Å²) in [5, 5.41) is 0.495.